The van der Waals surface area contributed by atoms with Crippen LogP contribution in [-0.2, 0) is 32.3 Å². The standard InChI is InChI=1S/C18H36O3Si.C17H34O4Si/c1-6-21-22(7-2,8-3)16-14-12-10-9-11-13-15-20-18(19)17(4)5;1-6-20-22(5,21-7-2)15-13-11-9-8-10-12-14-19-17(18)16(3)4/h4,6-16H2,1-3,5H3;3,6-15H2,1-2,4-5H3. The topological polar surface area (TPSA) is 80.3 Å². The molecule has 0 saturated heterocycles. The highest BCUT2D eigenvalue weighted by Crippen LogP contribution is 2.25. The smallest absolute Gasteiger partial charge is 0.334 e. The molecule has 0 aliphatic rings. The molecule has 0 aliphatic heterocycles. The van der Waals surface area contributed by atoms with Gasteiger partial charge in [0, 0.05) is 31.0 Å². The van der Waals surface area contributed by atoms with E-state index in [9.17, 15) is 9.59 Å². The van der Waals surface area contributed by atoms with Gasteiger partial charge >= 0.3 is 20.5 Å². The van der Waals surface area contributed by atoms with Gasteiger partial charge in [-0.15, -0.1) is 0 Å². The third-order valence-corrected chi connectivity index (χ3v) is 15.7. The van der Waals surface area contributed by atoms with Gasteiger partial charge in [0.25, 0.3) is 0 Å². The molecular weight excluding hydrogens is 589 g/mol. The SMILES string of the molecule is C=C(C)C(=O)OCCCCCCCC[Si](C)(OCC)OCC.C=C(C)C(=O)OCCCCCCCC[Si](CC)(CC)OCC. The van der Waals surface area contributed by atoms with Crippen molar-refractivity contribution in [1.29, 1.82) is 0 Å². The summed E-state index contributed by atoms with van der Waals surface area (Å²) in [6, 6.07) is 4.87. The zero-order valence-electron chi connectivity index (χ0n) is 30.1. The highest BCUT2D eigenvalue weighted by Gasteiger charge is 2.30. The Hall–Kier alpha value is -1.27. The van der Waals surface area contributed by atoms with Crippen LogP contribution in [0.3, 0.4) is 0 Å². The van der Waals surface area contributed by atoms with Crippen LogP contribution >= 0.6 is 0 Å². The van der Waals surface area contributed by atoms with Crippen LogP contribution in [0.2, 0.25) is 30.7 Å². The van der Waals surface area contributed by atoms with Crippen LogP contribution in [0.1, 0.15) is 126 Å². The Balaban J connectivity index is 0. The van der Waals surface area contributed by atoms with Gasteiger partial charge in [0.15, 0.2) is 8.32 Å². The van der Waals surface area contributed by atoms with E-state index in [0.29, 0.717) is 24.4 Å². The molecule has 0 aromatic heterocycles. The van der Waals surface area contributed by atoms with Crippen LogP contribution in [0.15, 0.2) is 24.3 Å². The van der Waals surface area contributed by atoms with E-state index in [-0.39, 0.29) is 11.9 Å². The predicted octanol–water partition coefficient (Wildman–Crippen LogP) is 10.1. The lowest BCUT2D eigenvalue weighted by molar-refractivity contribution is -0.139. The first kappa shape index (κ1) is 44.9. The number of carbonyl (C=O) groups is 2. The van der Waals surface area contributed by atoms with Gasteiger partial charge in [-0.1, -0.05) is 91.2 Å². The maximum Gasteiger partial charge on any atom is 0.334 e. The molecule has 0 spiro atoms. The summed E-state index contributed by atoms with van der Waals surface area (Å²) in [5.74, 6) is -0.549. The maximum absolute atomic E-state index is 11.2. The van der Waals surface area contributed by atoms with Gasteiger partial charge in [-0.3, -0.25) is 0 Å². The lowest BCUT2D eigenvalue weighted by atomic mass is 10.1. The summed E-state index contributed by atoms with van der Waals surface area (Å²) >= 11 is 0. The molecule has 0 saturated carbocycles. The molecule has 0 atom stereocenters. The Labute approximate surface area is 274 Å². The molecule has 9 heteroatoms. The van der Waals surface area contributed by atoms with Gasteiger partial charge in [0.1, 0.15) is 0 Å². The average molecular weight is 659 g/mol. The Morgan fingerprint density at radius 3 is 1.20 bits per heavy atom. The molecule has 0 amide bonds. The van der Waals surface area contributed by atoms with Crippen LogP contribution in [0.4, 0.5) is 0 Å². The number of carbonyl (C=O) groups excluding carboxylic acids is 2. The summed E-state index contributed by atoms with van der Waals surface area (Å²) in [6.07, 6.45) is 14.0. The molecule has 0 aromatic rings. The van der Waals surface area contributed by atoms with Gasteiger partial charge in [-0.2, -0.15) is 0 Å². The Morgan fingerprint density at radius 2 is 0.864 bits per heavy atom. The summed E-state index contributed by atoms with van der Waals surface area (Å²) in [5, 5.41) is 0. The third-order valence-electron chi connectivity index (χ3n) is 7.85. The Bertz CT molecular complexity index is 747. The van der Waals surface area contributed by atoms with E-state index in [1.165, 1.54) is 69.5 Å². The molecule has 44 heavy (non-hydrogen) atoms. The number of hydrogen-bond acceptors (Lipinski definition) is 7. The molecule has 0 aromatic carbocycles. The van der Waals surface area contributed by atoms with Crippen molar-refractivity contribution in [3.63, 3.8) is 0 Å². The van der Waals surface area contributed by atoms with Gasteiger partial charge < -0.3 is 22.8 Å². The quantitative estimate of drug-likeness (QED) is 0.0358. The first-order valence-electron chi connectivity index (χ1n) is 17.5. The van der Waals surface area contributed by atoms with Crippen LogP contribution < -0.4 is 0 Å². The van der Waals surface area contributed by atoms with Gasteiger partial charge in [0.05, 0.1) is 13.2 Å². The zero-order chi connectivity index (χ0) is 33.7. The molecule has 0 heterocycles. The minimum absolute atomic E-state index is 0.267. The lowest BCUT2D eigenvalue weighted by Crippen LogP contribution is -2.38. The predicted molar refractivity (Wildman–Crippen MR) is 190 cm³/mol. The van der Waals surface area contributed by atoms with Gasteiger partial charge in [-0.05, 0) is 78.2 Å². The minimum Gasteiger partial charge on any atom is -0.462 e. The van der Waals surface area contributed by atoms with E-state index in [2.05, 4.69) is 40.5 Å². The maximum atomic E-state index is 11.2. The van der Waals surface area contributed by atoms with Crippen molar-refractivity contribution in [2.45, 2.75) is 156 Å². The fourth-order valence-electron chi connectivity index (χ4n) is 5.07. The Morgan fingerprint density at radius 1 is 0.523 bits per heavy atom. The van der Waals surface area contributed by atoms with Crippen LogP contribution in [0.25, 0.3) is 0 Å². The summed E-state index contributed by atoms with van der Waals surface area (Å²) < 4.78 is 27.9. The number of ether oxygens (including phenoxy) is 2. The first-order valence-corrected chi connectivity index (χ1v) is 22.6. The highest BCUT2D eigenvalue weighted by molar-refractivity contribution is 6.73. The molecule has 0 rings (SSSR count). The van der Waals surface area contributed by atoms with E-state index in [1.807, 2.05) is 13.8 Å². The Kier molecular flexibility index (Phi) is 29.7. The van der Waals surface area contributed by atoms with Crippen molar-refractivity contribution in [2.75, 3.05) is 33.0 Å². The molecule has 0 bridgehead atoms. The molecule has 0 unspecified atom stereocenters. The molecule has 0 N–H and O–H groups in total. The molecule has 7 nitrogen and oxygen atoms in total. The second kappa shape index (κ2) is 29.2. The zero-order valence-corrected chi connectivity index (χ0v) is 32.1. The van der Waals surface area contributed by atoms with Gasteiger partial charge in [0.2, 0.25) is 0 Å². The van der Waals surface area contributed by atoms with Crippen molar-refractivity contribution in [1.82, 2.24) is 0 Å². The van der Waals surface area contributed by atoms with E-state index in [1.54, 1.807) is 13.8 Å². The van der Waals surface area contributed by atoms with Crippen molar-refractivity contribution >= 4 is 28.8 Å². The second-order valence-corrected chi connectivity index (χ2v) is 19.8. The van der Waals surface area contributed by atoms with Gasteiger partial charge in [-0.25, -0.2) is 9.59 Å². The van der Waals surface area contributed by atoms with Crippen molar-refractivity contribution in [3.8, 4) is 0 Å². The minimum atomic E-state index is -1.92. The molecule has 0 fully saturated rings. The van der Waals surface area contributed by atoms with Crippen LogP contribution in [-0.4, -0.2) is 61.9 Å². The fraction of sp³-hybridized carbons (Fsp3) is 0.829. The average Bonchev–Trinajstić information content (AvgIpc) is 2.99. The third kappa shape index (κ3) is 25.0. The molecule has 260 valence electrons. The highest BCUT2D eigenvalue weighted by atomic mass is 28.4. The van der Waals surface area contributed by atoms with E-state index in [4.69, 9.17) is 22.8 Å². The fourth-order valence-corrected chi connectivity index (χ4v) is 10.8. The summed E-state index contributed by atoms with van der Waals surface area (Å²) in [4.78, 5) is 22.4. The van der Waals surface area contributed by atoms with Crippen molar-refractivity contribution in [3.05, 3.63) is 24.3 Å². The van der Waals surface area contributed by atoms with E-state index in [0.717, 1.165) is 51.5 Å². The largest absolute Gasteiger partial charge is 0.462 e. The first-order chi connectivity index (χ1) is 21.0. The van der Waals surface area contributed by atoms with Crippen molar-refractivity contribution in [2.24, 2.45) is 0 Å². The molecular formula is C35H70O7Si2. The summed E-state index contributed by atoms with van der Waals surface area (Å²) in [7, 11) is -3.33. The lowest BCUT2D eigenvalue weighted by Gasteiger charge is -2.28. The molecule has 0 aliphatic carbocycles. The summed E-state index contributed by atoms with van der Waals surface area (Å²) in [5.41, 5.74) is 0.949. The van der Waals surface area contributed by atoms with E-state index >= 15 is 0 Å². The summed E-state index contributed by atoms with van der Waals surface area (Å²) in [6.45, 7) is 26.8. The van der Waals surface area contributed by atoms with Crippen LogP contribution in [0.5, 0.6) is 0 Å². The molecule has 0 radical (unpaired) electrons. The van der Waals surface area contributed by atoms with Crippen LogP contribution in [0, 0.1) is 0 Å². The normalized spacial score (nSPS) is 11.5. The number of hydrogen-bond donors (Lipinski definition) is 0. The number of unbranched alkanes of at least 4 members (excludes halogenated alkanes) is 10. The number of rotatable bonds is 28. The monoisotopic (exact) mass is 658 g/mol. The number of esters is 2. The van der Waals surface area contributed by atoms with E-state index < -0.39 is 16.9 Å². The van der Waals surface area contributed by atoms with Crippen molar-refractivity contribution < 1.29 is 32.3 Å². The second-order valence-electron chi connectivity index (χ2n) is 11.9.